The Morgan fingerprint density at radius 2 is 1.70 bits per heavy atom. The van der Waals surface area contributed by atoms with Crippen LogP contribution in [0.5, 0.6) is 0 Å². The highest BCUT2D eigenvalue weighted by molar-refractivity contribution is 5.89. The second-order valence-electron chi connectivity index (χ2n) is 8.61. The van der Waals surface area contributed by atoms with E-state index in [1.54, 1.807) is 0 Å². The minimum Gasteiger partial charge on any atom is -0.454 e. The van der Waals surface area contributed by atoms with Crippen molar-refractivity contribution < 1.29 is 14.5 Å². The van der Waals surface area contributed by atoms with Gasteiger partial charge in [-0.2, -0.15) is 0 Å². The van der Waals surface area contributed by atoms with Crippen molar-refractivity contribution in [2.24, 2.45) is 5.41 Å². The molecule has 1 unspecified atom stereocenters. The first-order chi connectivity index (χ1) is 14.4. The summed E-state index contributed by atoms with van der Waals surface area (Å²) in [5.41, 5.74) is 1.37. The molecule has 160 valence electrons. The molecule has 0 aliphatic heterocycles. The van der Waals surface area contributed by atoms with Crippen LogP contribution in [0.1, 0.15) is 60.6 Å². The van der Waals surface area contributed by atoms with Crippen LogP contribution in [0, 0.1) is 15.5 Å². The van der Waals surface area contributed by atoms with E-state index in [0.717, 1.165) is 31.4 Å². The number of esters is 1. The van der Waals surface area contributed by atoms with Gasteiger partial charge in [-0.15, -0.1) is 0 Å². The van der Waals surface area contributed by atoms with E-state index in [0.29, 0.717) is 5.56 Å². The maximum absolute atomic E-state index is 12.9. The Hall–Kier alpha value is -2.73. The molecule has 1 fully saturated rings. The summed E-state index contributed by atoms with van der Waals surface area (Å²) in [5, 5.41) is 10.9. The van der Waals surface area contributed by atoms with Gasteiger partial charge in [0.05, 0.1) is 10.5 Å². The number of hydrogen-bond acceptors (Lipinski definition) is 5. The molecule has 1 atom stereocenters. The maximum atomic E-state index is 12.9. The number of carbonyl (C=O) groups excluding carboxylic acids is 1. The van der Waals surface area contributed by atoms with Crippen LogP contribution in [0.2, 0.25) is 0 Å². The molecule has 3 rings (SSSR count). The SMILES string of the molecule is CN(C)CC1(CC(OC(=O)c2ccc([N+](=O)[O-])cc2)c2ccccc2)CCCCC1. The molecule has 0 saturated heterocycles. The van der Waals surface area contributed by atoms with Gasteiger partial charge in [-0.1, -0.05) is 49.6 Å². The fraction of sp³-hybridized carbons (Fsp3) is 0.458. The van der Waals surface area contributed by atoms with Crippen LogP contribution in [0.25, 0.3) is 0 Å². The average Bonchev–Trinajstić information content (AvgIpc) is 2.74. The maximum Gasteiger partial charge on any atom is 0.338 e. The Labute approximate surface area is 178 Å². The molecule has 0 heterocycles. The van der Waals surface area contributed by atoms with Gasteiger partial charge in [-0.3, -0.25) is 10.1 Å². The Kier molecular flexibility index (Phi) is 7.21. The van der Waals surface area contributed by atoms with Crippen molar-refractivity contribution in [1.29, 1.82) is 0 Å². The van der Waals surface area contributed by atoms with Gasteiger partial charge in [-0.25, -0.2) is 4.79 Å². The molecule has 30 heavy (non-hydrogen) atoms. The third kappa shape index (κ3) is 5.66. The van der Waals surface area contributed by atoms with Crippen LogP contribution in [-0.4, -0.2) is 36.4 Å². The molecular weight excluding hydrogens is 380 g/mol. The van der Waals surface area contributed by atoms with Crippen molar-refractivity contribution in [2.75, 3.05) is 20.6 Å². The highest BCUT2D eigenvalue weighted by Crippen LogP contribution is 2.44. The van der Waals surface area contributed by atoms with Crippen LogP contribution in [-0.2, 0) is 4.74 Å². The van der Waals surface area contributed by atoms with Crippen molar-refractivity contribution in [2.45, 2.75) is 44.6 Å². The minimum absolute atomic E-state index is 0.0432. The van der Waals surface area contributed by atoms with Gasteiger partial charge < -0.3 is 9.64 Å². The largest absolute Gasteiger partial charge is 0.454 e. The van der Waals surface area contributed by atoms with Crippen molar-refractivity contribution in [1.82, 2.24) is 4.90 Å². The fourth-order valence-corrected chi connectivity index (χ4v) is 4.60. The molecule has 1 aliphatic carbocycles. The zero-order valence-corrected chi connectivity index (χ0v) is 17.8. The number of benzene rings is 2. The average molecular weight is 411 g/mol. The molecule has 1 saturated carbocycles. The van der Waals surface area contributed by atoms with Crippen molar-refractivity contribution >= 4 is 11.7 Å². The van der Waals surface area contributed by atoms with Crippen LogP contribution in [0.15, 0.2) is 54.6 Å². The molecular formula is C24H30N2O4. The Bertz CT molecular complexity index is 843. The molecule has 2 aromatic rings. The number of hydrogen-bond donors (Lipinski definition) is 0. The normalized spacial score (nSPS) is 16.8. The van der Waals surface area contributed by atoms with E-state index in [1.807, 2.05) is 30.3 Å². The summed E-state index contributed by atoms with van der Waals surface area (Å²) in [6, 6.07) is 15.5. The number of non-ortho nitro benzene ring substituents is 1. The molecule has 0 aromatic heterocycles. The lowest BCUT2D eigenvalue weighted by atomic mass is 9.69. The molecule has 6 nitrogen and oxygen atoms in total. The molecule has 0 amide bonds. The first-order valence-corrected chi connectivity index (χ1v) is 10.5. The number of carbonyl (C=O) groups is 1. The number of ether oxygens (including phenoxy) is 1. The topological polar surface area (TPSA) is 72.7 Å². The minimum atomic E-state index is -0.476. The summed E-state index contributed by atoms with van der Waals surface area (Å²) in [6.45, 7) is 0.964. The van der Waals surface area contributed by atoms with Crippen molar-refractivity contribution in [3.8, 4) is 0 Å². The molecule has 0 radical (unpaired) electrons. The third-order valence-corrected chi connectivity index (χ3v) is 5.92. The number of nitro benzene ring substituents is 1. The lowest BCUT2D eigenvalue weighted by Gasteiger charge is -2.41. The van der Waals surface area contributed by atoms with Crippen molar-refractivity contribution in [3.05, 3.63) is 75.8 Å². The van der Waals surface area contributed by atoms with E-state index in [9.17, 15) is 14.9 Å². The Balaban J connectivity index is 1.83. The van der Waals surface area contributed by atoms with Gasteiger partial charge in [0.25, 0.3) is 5.69 Å². The number of nitrogens with zero attached hydrogens (tertiary/aromatic N) is 2. The summed E-state index contributed by atoms with van der Waals surface area (Å²) in [6.07, 6.45) is 6.33. The van der Waals surface area contributed by atoms with E-state index >= 15 is 0 Å². The lowest BCUT2D eigenvalue weighted by molar-refractivity contribution is -0.384. The molecule has 1 aliphatic rings. The summed E-state index contributed by atoms with van der Waals surface area (Å²) in [7, 11) is 4.19. The van der Waals surface area contributed by atoms with Crippen LogP contribution >= 0.6 is 0 Å². The predicted molar refractivity (Wildman–Crippen MR) is 116 cm³/mol. The zero-order valence-electron chi connectivity index (χ0n) is 17.8. The number of rotatable bonds is 8. The Morgan fingerprint density at radius 3 is 2.27 bits per heavy atom. The second-order valence-corrected chi connectivity index (χ2v) is 8.61. The Morgan fingerprint density at radius 1 is 1.07 bits per heavy atom. The second kappa shape index (κ2) is 9.85. The summed E-state index contributed by atoms with van der Waals surface area (Å²) < 4.78 is 6.01. The van der Waals surface area contributed by atoms with Crippen molar-refractivity contribution in [3.63, 3.8) is 0 Å². The van der Waals surface area contributed by atoms with Gasteiger partial charge >= 0.3 is 5.97 Å². The van der Waals surface area contributed by atoms with Gasteiger partial charge in [0, 0.05) is 18.7 Å². The van der Waals surface area contributed by atoms with Crippen LogP contribution < -0.4 is 0 Å². The molecule has 0 bridgehead atoms. The zero-order chi connectivity index (χ0) is 21.6. The van der Waals surface area contributed by atoms with E-state index in [1.165, 1.54) is 43.5 Å². The van der Waals surface area contributed by atoms with E-state index in [-0.39, 0.29) is 17.2 Å². The highest BCUT2D eigenvalue weighted by Gasteiger charge is 2.37. The van der Waals surface area contributed by atoms with E-state index in [2.05, 4.69) is 19.0 Å². The summed E-state index contributed by atoms with van der Waals surface area (Å²) in [4.78, 5) is 25.5. The smallest absolute Gasteiger partial charge is 0.338 e. The first-order valence-electron chi connectivity index (χ1n) is 10.5. The van der Waals surface area contributed by atoms with Gasteiger partial charge in [-0.05, 0) is 56.5 Å². The molecule has 0 spiro atoms. The molecule has 2 aromatic carbocycles. The standard InChI is InChI=1S/C24H30N2O4/c1-25(2)18-24(15-7-4-8-16-24)17-22(19-9-5-3-6-10-19)30-23(27)20-11-13-21(14-12-20)26(28)29/h3,5-6,9-14,22H,4,7-8,15-18H2,1-2H3. The van der Waals surface area contributed by atoms with Gasteiger partial charge in [0.15, 0.2) is 0 Å². The van der Waals surface area contributed by atoms with Crippen LogP contribution in [0.3, 0.4) is 0 Å². The third-order valence-electron chi connectivity index (χ3n) is 5.92. The summed E-state index contributed by atoms with van der Waals surface area (Å²) in [5.74, 6) is -0.449. The monoisotopic (exact) mass is 410 g/mol. The van der Waals surface area contributed by atoms with Gasteiger partial charge in [0.2, 0.25) is 0 Å². The predicted octanol–water partition coefficient (Wildman–Crippen LogP) is 5.40. The summed E-state index contributed by atoms with van der Waals surface area (Å²) >= 11 is 0. The van der Waals surface area contributed by atoms with E-state index < -0.39 is 10.9 Å². The number of nitro groups is 1. The fourth-order valence-electron chi connectivity index (χ4n) is 4.60. The molecule has 6 heteroatoms. The van der Waals surface area contributed by atoms with Gasteiger partial charge in [0.1, 0.15) is 6.10 Å². The van der Waals surface area contributed by atoms with E-state index in [4.69, 9.17) is 4.74 Å². The quantitative estimate of drug-likeness (QED) is 0.331. The molecule has 0 N–H and O–H groups in total. The first kappa shape index (κ1) is 22.0. The lowest BCUT2D eigenvalue weighted by Crippen LogP contribution is -2.37. The highest BCUT2D eigenvalue weighted by atomic mass is 16.6. The van der Waals surface area contributed by atoms with Crippen LogP contribution in [0.4, 0.5) is 5.69 Å².